The average molecular weight is 262 g/mol. The smallest absolute Gasteiger partial charge is 0.330 e. The minimum Gasteiger partial charge on any atom is -0.479 e. The summed E-state index contributed by atoms with van der Waals surface area (Å²) in [6.07, 6.45) is 0. The molecule has 0 bridgehead atoms. The second-order valence-electron chi connectivity index (χ2n) is 4.93. The highest BCUT2D eigenvalue weighted by Gasteiger charge is 2.32. The summed E-state index contributed by atoms with van der Waals surface area (Å²) in [7, 11) is 0. The molecule has 1 heterocycles. The highest BCUT2D eigenvalue weighted by molar-refractivity contribution is 5.86. The topological polar surface area (TPSA) is 78.4 Å². The Balaban J connectivity index is 2.09. The van der Waals surface area contributed by atoms with Crippen molar-refractivity contribution in [3.05, 3.63) is 35.9 Å². The van der Waals surface area contributed by atoms with Gasteiger partial charge in [0.2, 0.25) is 5.91 Å². The number of rotatable bonds is 4. The number of carbonyl (C=O) groups excluding carboxylic acids is 1. The Kier molecular flexibility index (Phi) is 4.16. The number of amides is 1. The normalized spacial score (nSPS) is 23.8. The number of carboxylic acids is 1. The SMILES string of the molecule is C[C@@H]1CNC[C@H]1C(=O)NC(C(=O)O)c1ccccc1. The molecular weight excluding hydrogens is 244 g/mol. The predicted molar refractivity (Wildman–Crippen MR) is 70.5 cm³/mol. The quantitative estimate of drug-likeness (QED) is 0.749. The fourth-order valence-corrected chi connectivity index (χ4v) is 2.34. The second kappa shape index (κ2) is 5.84. The van der Waals surface area contributed by atoms with Crippen LogP contribution < -0.4 is 10.6 Å². The summed E-state index contributed by atoms with van der Waals surface area (Å²) in [6, 6.07) is 7.76. The zero-order valence-electron chi connectivity index (χ0n) is 10.8. The third kappa shape index (κ3) is 3.12. The van der Waals surface area contributed by atoms with Gasteiger partial charge in [0.15, 0.2) is 6.04 Å². The first-order chi connectivity index (χ1) is 9.09. The van der Waals surface area contributed by atoms with Gasteiger partial charge < -0.3 is 15.7 Å². The molecule has 102 valence electrons. The first-order valence-corrected chi connectivity index (χ1v) is 6.38. The Morgan fingerprint density at radius 2 is 2.00 bits per heavy atom. The maximum atomic E-state index is 12.1. The summed E-state index contributed by atoms with van der Waals surface area (Å²) in [5.74, 6) is -1.18. The van der Waals surface area contributed by atoms with Crippen LogP contribution in [0, 0.1) is 11.8 Å². The van der Waals surface area contributed by atoms with Crippen molar-refractivity contribution in [1.29, 1.82) is 0 Å². The van der Waals surface area contributed by atoms with E-state index < -0.39 is 12.0 Å². The highest BCUT2D eigenvalue weighted by atomic mass is 16.4. The molecule has 0 aromatic heterocycles. The van der Waals surface area contributed by atoms with E-state index in [2.05, 4.69) is 10.6 Å². The standard InChI is InChI=1S/C14H18N2O3/c1-9-7-15-8-11(9)13(17)16-12(14(18)19)10-5-3-2-4-6-10/h2-6,9,11-12,15H,7-8H2,1H3,(H,16,17)(H,18,19)/t9-,11-,12?/m1/s1. The molecule has 1 saturated heterocycles. The van der Waals surface area contributed by atoms with Crippen LogP contribution in [0.1, 0.15) is 18.5 Å². The largest absolute Gasteiger partial charge is 0.479 e. The Morgan fingerprint density at radius 3 is 2.53 bits per heavy atom. The first-order valence-electron chi connectivity index (χ1n) is 6.38. The molecule has 1 amide bonds. The average Bonchev–Trinajstić information content (AvgIpc) is 2.82. The van der Waals surface area contributed by atoms with Crippen molar-refractivity contribution in [2.75, 3.05) is 13.1 Å². The lowest BCUT2D eigenvalue weighted by Gasteiger charge is -2.19. The van der Waals surface area contributed by atoms with Gasteiger partial charge in [-0.2, -0.15) is 0 Å². The molecule has 5 heteroatoms. The minimum atomic E-state index is -1.04. The molecule has 3 N–H and O–H groups in total. The van der Waals surface area contributed by atoms with Gasteiger partial charge in [-0.1, -0.05) is 37.3 Å². The fourth-order valence-electron chi connectivity index (χ4n) is 2.34. The van der Waals surface area contributed by atoms with Gasteiger partial charge in [-0.15, -0.1) is 0 Å². The number of carbonyl (C=O) groups is 2. The molecule has 0 saturated carbocycles. The van der Waals surface area contributed by atoms with E-state index in [-0.39, 0.29) is 17.7 Å². The van der Waals surface area contributed by atoms with Gasteiger partial charge in [0, 0.05) is 6.54 Å². The molecule has 0 radical (unpaired) electrons. The Morgan fingerprint density at radius 1 is 1.32 bits per heavy atom. The molecule has 5 nitrogen and oxygen atoms in total. The number of benzene rings is 1. The number of carboxylic acid groups (broad SMARTS) is 1. The zero-order valence-corrected chi connectivity index (χ0v) is 10.8. The molecule has 2 rings (SSSR count). The van der Waals surface area contributed by atoms with Crippen molar-refractivity contribution in [2.24, 2.45) is 11.8 Å². The summed E-state index contributed by atoms with van der Waals surface area (Å²) in [6.45, 7) is 3.39. The van der Waals surface area contributed by atoms with Crippen LogP contribution in [0.15, 0.2) is 30.3 Å². The van der Waals surface area contributed by atoms with Crippen LogP contribution in [0.5, 0.6) is 0 Å². The van der Waals surface area contributed by atoms with Crippen molar-refractivity contribution < 1.29 is 14.7 Å². The molecule has 19 heavy (non-hydrogen) atoms. The van der Waals surface area contributed by atoms with Crippen molar-refractivity contribution >= 4 is 11.9 Å². The predicted octanol–water partition coefficient (Wildman–Crippen LogP) is 0.784. The molecule has 3 atom stereocenters. The summed E-state index contributed by atoms with van der Waals surface area (Å²) < 4.78 is 0. The molecule has 1 fully saturated rings. The lowest BCUT2D eigenvalue weighted by Crippen LogP contribution is -2.39. The van der Waals surface area contributed by atoms with Gasteiger partial charge in [-0.25, -0.2) is 4.79 Å². The van der Waals surface area contributed by atoms with Gasteiger partial charge in [0.1, 0.15) is 0 Å². The van der Waals surface area contributed by atoms with E-state index in [0.717, 1.165) is 6.54 Å². The Hall–Kier alpha value is -1.88. The lowest BCUT2D eigenvalue weighted by molar-refractivity contribution is -0.142. The van der Waals surface area contributed by atoms with Crippen molar-refractivity contribution in [2.45, 2.75) is 13.0 Å². The van der Waals surface area contributed by atoms with Crippen LogP contribution in [-0.4, -0.2) is 30.1 Å². The summed E-state index contributed by atoms with van der Waals surface area (Å²) in [5.41, 5.74) is 0.585. The number of hydrogen-bond acceptors (Lipinski definition) is 3. The van der Waals surface area contributed by atoms with Crippen molar-refractivity contribution in [1.82, 2.24) is 10.6 Å². The summed E-state index contributed by atoms with van der Waals surface area (Å²) in [5, 5.41) is 15.0. The maximum absolute atomic E-state index is 12.1. The van der Waals surface area contributed by atoms with E-state index in [4.69, 9.17) is 0 Å². The van der Waals surface area contributed by atoms with Crippen molar-refractivity contribution in [3.63, 3.8) is 0 Å². The van der Waals surface area contributed by atoms with Crippen molar-refractivity contribution in [3.8, 4) is 0 Å². The van der Waals surface area contributed by atoms with Gasteiger partial charge in [-0.3, -0.25) is 4.79 Å². The molecular formula is C14H18N2O3. The maximum Gasteiger partial charge on any atom is 0.330 e. The lowest BCUT2D eigenvalue weighted by atomic mass is 9.96. The molecule has 1 aromatic rings. The Labute approximate surface area is 112 Å². The minimum absolute atomic E-state index is 0.162. The molecule has 1 unspecified atom stereocenters. The number of hydrogen-bond donors (Lipinski definition) is 3. The molecule has 1 aliphatic heterocycles. The van der Waals surface area contributed by atoms with Gasteiger partial charge in [-0.05, 0) is 18.0 Å². The third-order valence-corrected chi connectivity index (χ3v) is 3.52. The van der Waals surface area contributed by atoms with E-state index in [1.54, 1.807) is 24.3 Å². The third-order valence-electron chi connectivity index (χ3n) is 3.52. The van der Waals surface area contributed by atoms with Gasteiger partial charge in [0.05, 0.1) is 5.92 Å². The zero-order chi connectivity index (χ0) is 13.8. The van der Waals surface area contributed by atoms with Crippen LogP contribution in [0.3, 0.4) is 0 Å². The monoisotopic (exact) mass is 262 g/mol. The van der Waals surface area contributed by atoms with E-state index in [1.807, 2.05) is 13.0 Å². The van der Waals surface area contributed by atoms with Crippen LogP contribution in [-0.2, 0) is 9.59 Å². The Bertz CT molecular complexity index is 461. The highest BCUT2D eigenvalue weighted by Crippen LogP contribution is 2.19. The van der Waals surface area contributed by atoms with E-state index in [9.17, 15) is 14.7 Å². The van der Waals surface area contributed by atoms with E-state index in [0.29, 0.717) is 12.1 Å². The summed E-state index contributed by atoms with van der Waals surface area (Å²) in [4.78, 5) is 23.4. The second-order valence-corrected chi connectivity index (χ2v) is 4.93. The first kappa shape index (κ1) is 13.5. The van der Waals surface area contributed by atoms with Gasteiger partial charge in [0.25, 0.3) is 0 Å². The van der Waals surface area contributed by atoms with Gasteiger partial charge >= 0.3 is 5.97 Å². The number of aliphatic carboxylic acids is 1. The molecule has 0 aliphatic carbocycles. The summed E-state index contributed by atoms with van der Waals surface area (Å²) >= 11 is 0. The van der Waals surface area contributed by atoms with Crippen LogP contribution in [0.25, 0.3) is 0 Å². The molecule has 1 aromatic carbocycles. The number of nitrogens with one attached hydrogen (secondary N) is 2. The van der Waals surface area contributed by atoms with E-state index in [1.165, 1.54) is 0 Å². The fraction of sp³-hybridized carbons (Fsp3) is 0.429. The van der Waals surface area contributed by atoms with E-state index >= 15 is 0 Å². The molecule has 1 aliphatic rings. The van der Waals surface area contributed by atoms with Crippen LogP contribution in [0.2, 0.25) is 0 Å². The van der Waals surface area contributed by atoms with Crippen LogP contribution >= 0.6 is 0 Å². The van der Waals surface area contributed by atoms with Crippen LogP contribution in [0.4, 0.5) is 0 Å². The molecule has 0 spiro atoms.